The van der Waals surface area contributed by atoms with E-state index >= 15 is 0 Å². The van der Waals surface area contributed by atoms with Crippen molar-refractivity contribution in [3.8, 4) is 0 Å². The van der Waals surface area contributed by atoms with Gasteiger partial charge >= 0.3 is 5.97 Å². The largest absolute Gasteiger partial charge is 0.465 e. The van der Waals surface area contributed by atoms with E-state index in [2.05, 4.69) is 17.2 Å². The van der Waals surface area contributed by atoms with E-state index in [0.29, 0.717) is 17.8 Å². The molecule has 0 amide bonds. The van der Waals surface area contributed by atoms with Gasteiger partial charge in [-0.15, -0.1) is 11.3 Å². The number of thiazole rings is 1. The molecule has 0 spiro atoms. The predicted molar refractivity (Wildman–Crippen MR) is 85.7 cm³/mol. The Balaban J connectivity index is 2.16. The van der Waals surface area contributed by atoms with Crippen LogP contribution in [0, 0.1) is 6.92 Å². The number of aromatic nitrogens is 1. The van der Waals surface area contributed by atoms with E-state index in [1.807, 2.05) is 19.2 Å². The number of nitrogen functional groups attached to an aromatic ring is 1. The molecule has 2 rings (SSSR count). The van der Waals surface area contributed by atoms with Crippen molar-refractivity contribution in [3.05, 3.63) is 39.3 Å². The van der Waals surface area contributed by atoms with Crippen molar-refractivity contribution in [1.29, 1.82) is 0 Å². The van der Waals surface area contributed by atoms with Crippen LogP contribution in [0.4, 0.5) is 11.4 Å². The first-order valence-corrected chi connectivity index (χ1v) is 7.52. The van der Waals surface area contributed by atoms with Gasteiger partial charge in [0.05, 0.1) is 19.2 Å². The molecule has 1 aromatic heterocycles. The van der Waals surface area contributed by atoms with Crippen molar-refractivity contribution in [2.45, 2.75) is 26.8 Å². The summed E-state index contributed by atoms with van der Waals surface area (Å²) >= 11 is 1.68. The van der Waals surface area contributed by atoms with Crippen LogP contribution in [0.2, 0.25) is 0 Å². The molecule has 0 aliphatic heterocycles. The molecule has 0 radical (unpaired) electrons. The van der Waals surface area contributed by atoms with E-state index in [1.165, 1.54) is 12.0 Å². The zero-order chi connectivity index (χ0) is 15.4. The molecule has 0 saturated heterocycles. The minimum absolute atomic E-state index is 0.383. The van der Waals surface area contributed by atoms with Crippen molar-refractivity contribution in [2.75, 3.05) is 18.2 Å². The zero-order valence-corrected chi connectivity index (χ0v) is 13.2. The van der Waals surface area contributed by atoms with Gasteiger partial charge < -0.3 is 15.8 Å². The minimum Gasteiger partial charge on any atom is -0.465 e. The average Bonchev–Trinajstić information content (AvgIpc) is 2.95. The minimum atomic E-state index is -0.429. The van der Waals surface area contributed by atoms with Crippen molar-refractivity contribution in [2.24, 2.45) is 0 Å². The molecule has 0 atom stereocenters. The number of ether oxygens (including phenoxy) is 1. The third-order valence-corrected chi connectivity index (χ3v) is 4.33. The van der Waals surface area contributed by atoms with E-state index < -0.39 is 5.97 Å². The summed E-state index contributed by atoms with van der Waals surface area (Å²) in [6.45, 7) is 4.59. The molecule has 1 heterocycles. The molecule has 112 valence electrons. The second kappa shape index (κ2) is 6.58. The Labute approximate surface area is 128 Å². The highest BCUT2D eigenvalue weighted by Crippen LogP contribution is 2.24. The third kappa shape index (κ3) is 3.52. The lowest BCUT2D eigenvalue weighted by Gasteiger charge is -2.11. The number of carbonyl (C=O) groups excluding carboxylic acids is 1. The maximum Gasteiger partial charge on any atom is 0.340 e. The smallest absolute Gasteiger partial charge is 0.340 e. The normalized spacial score (nSPS) is 10.4. The molecule has 0 saturated carbocycles. The quantitative estimate of drug-likeness (QED) is 0.656. The Hall–Kier alpha value is -2.08. The summed E-state index contributed by atoms with van der Waals surface area (Å²) < 4.78 is 4.75. The highest BCUT2D eigenvalue weighted by Gasteiger charge is 2.13. The maximum absolute atomic E-state index is 11.7. The third-order valence-electron chi connectivity index (χ3n) is 3.19. The van der Waals surface area contributed by atoms with Crippen LogP contribution in [-0.4, -0.2) is 18.1 Å². The molecule has 5 nitrogen and oxygen atoms in total. The lowest BCUT2D eigenvalue weighted by molar-refractivity contribution is 0.0602. The molecular formula is C15H19N3O2S. The number of carbonyl (C=O) groups is 1. The standard InChI is InChI=1S/C15H19N3O2S/c1-4-11-7-18-13(21-11)8-17-10-5-9(2)14(16)12(6-10)15(19)20-3/h5-7,17H,4,8,16H2,1-3H3. The SMILES string of the molecule is CCc1cnc(CNc2cc(C)c(N)c(C(=O)OC)c2)s1. The van der Waals surface area contributed by atoms with E-state index in [4.69, 9.17) is 10.5 Å². The van der Waals surface area contributed by atoms with Gasteiger partial charge in [-0.25, -0.2) is 9.78 Å². The number of methoxy groups -OCH3 is 1. The number of nitrogens with two attached hydrogens (primary N) is 1. The fourth-order valence-electron chi connectivity index (χ4n) is 1.95. The van der Waals surface area contributed by atoms with E-state index in [0.717, 1.165) is 22.7 Å². The number of hydrogen-bond donors (Lipinski definition) is 2. The van der Waals surface area contributed by atoms with Gasteiger partial charge in [-0.3, -0.25) is 0 Å². The van der Waals surface area contributed by atoms with Gasteiger partial charge in [-0.1, -0.05) is 6.92 Å². The molecule has 2 aromatic rings. The average molecular weight is 305 g/mol. The predicted octanol–water partition coefficient (Wildman–Crippen LogP) is 2.99. The lowest BCUT2D eigenvalue weighted by Crippen LogP contribution is -2.09. The summed E-state index contributed by atoms with van der Waals surface area (Å²) in [5, 5.41) is 4.29. The van der Waals surface area contributed by atoms with Crippen LogP contribution in [0.3, 0.4) is 0 Å². The molecule has 3 N–H and O–H groups in total. The number of nitrogens with one attached hydrogen (secondary N) is 1. The fourth-order valence-corrected chi connectivity index (χ4v) is 2.75. The number of hydrogen-bond acceptors (Lipinski definition) is 6. The van der Waals surface area contributed by atoms with Crippen LogP contribution in [0.15, 0.2) is 18.3 Å². The number of nitrogens with zero attached hydrogens (tertiary/aromatic N) is 1. The van der Waals surface area contributed by atoms with Crippen molar-refractivity contribution in [1.82, 2.24) is 4.98 Å². The first-order valence-electron chi connectivity index (χ1n) is 6.71. The molecule has 1 aromatic carbocycles. The van der Waals surface area contributed by atoms with Crippen molar-refractivity contribution in [3.63, 3.8) is 0 Å². The van der Waals surface area contributed by atoms with Gasteiger partial charge in [0.15, 0.2) is 0 Å². The van der Waals surface area contributed by atoms with Crippen molar-refractivity contribution < 1.29 is 9.53 Å². The Morgan fingerprint density at radius 1 is 1.48 bits per heavy atom. The van der Waals surface area contributed by atoms with Crippen LogP contribution < -0.4 is 11.1 Å². The Morgan fingerprint density at radius 3 is 2.86 bits per heavy atom. The molecular weight excluding hydrogens is 286 g/mol. The Morgan fingerprint density at radius 2 is 2.24 bits per heavy atom. The molecule has 0 unspecified atom stereocenters. The van der Waals surface area contributed by atoms with Gasteiger partial charge in [0.1, 0.15) is 5.01 Å². The number of benzene rings is 1. The molecule has 0 aliphatic carbocycles. The summed E-state index contributed by atoms with van der Waals surface area (Å²) in [6.07, 6.45) is 2.89. The lowest BCUT2D eigenvalue weighted by atomic mass is 10.1. The highest BCUT2D eigenvalue weighted by molar-refractivity contribution is 7.11. The van der Waals surface area contributed by atoms with Gasteiger partial charge in [-0.2, -0.15) is 0 Å². The van der Waals surface area contributed by atoms with Gasteiger partial charge in [-0.05, 0) is 31.0 Å². The molecule has 0 bridgehead atoms. The number of aryl methyl sites for hydroxylation is 2. The number of rotatable bonds is 5. The summed E-state index contributed by atoms with van der Waals surface area (Å²) in [5.74, 6) is -0.429. The second-order valence-electron chi connectivity index (χ2n) is 4.67. The van der Waals surface area contributed by atoms with Crippen LogP contribution in [-0.2, 0) is 17.7 Å². The number of esters is 1. The van der Waals surface area contributed by atoms with Gasteiger partial charge in [0, 0.05) is 22.4 Å². The molecule has 21 heavy (non-hydrogen) atoms. The summed E-state index contributed by atoms with van der Waals surface area (Å²) in [6, 6.07) is 3.62. The van der Waals surface area contributed by atoms with Gasteiger partial charge in [0.25, 0.3) is 0 Å². The first kappa shape index (κ1) is 15.3. The van der Waals surface area contributed by atoms with Crippen LogP contribution in [0.25, 0.3) is 0 Å². The topological polar surface area (TPSA) is 77.2 Å². The summed E-state index contributed by atoms with van der Waals surface area (Å²) in [4.78, 5) is 17.3. The van der Waals surface area contributed by atoms with E-state index in [1.54, 1.807) is 17.4 Å². The first-order chi connectivity index (χ1) is 10.0. The maximum atomic E-state index is 11.7. The Bertz CT molecular complexity index is 652. The highest BCUT2D eigenvalue weighted by atomic mass is 32.1. The summed E-state index contributed by atoms with van der Waals surface area (Å²) in [5.41, 5.74) is 8.42. The van der Waals surface area contributed by atoms with Crippen LogP contribution in [0.1, 0.15) is 32.7 Å². The monoisotopic (exact) mass is 305 g/mol. The van der Waals surface area contributed by atoms with Crippen LogP contribution >= 0.6 is 11.3 Å². The van der Waals surface area contributed by atoms with E-state index in [9.17, 15) is 4.79 Å². The fraction of sp³-hybridized carbons (Fsp3) is 0.333. The zero-order valence-electron chi connectivity index (χ0n) is 12.4. The molecule has 0 aliphatic rings. The van der Waals surface area contributed by atoms with Gasteiger partial charge in [0.2, 0.25) is 0 Å². The van der Waals surface area contributed by atoms with Crippen molar-refractivity contribution >= 4 is 28.7 Å². The molecule has 0 fully saturated rings. The second-order valence-corrected chi connectivity index (χ2v) is 5.87. The van der Waals surface area contributed by atoms with E-state index in [-0.39, 0.29) is 0 Å². The van der Waals surface area contributed by atoms with Crippen LogP contribution in [0.5, 0.6) is 0 Å². The number of anilines is 2. The summed E-state index contributed by atoms with van der Waals surface area (Å²) in [7, 11) is 1.35. The molecule has 6 heteroatoms. The Kier molecular flexibility index (Phi) is 4.80.